The quantitative estimate of drug-likeness (QED) is 0.514. The molecule has 0 fully saturated rings. The van der Waals surface area contributed by atoms with Gasteiger partial charge in [0.05, 0.1) is 6.61 Å². The van der Waals surface area contributed by atoms with Gasteiger partial charge in [0.1, 0.15) is 4.99 Å². The van der Waals surface area contributed by atoms with Crippen molar-refractivity contribution in [2.45, 2.75) is 19.0 Å². The van der Waals surface area contributed by atoms with E-state index in [1.54, 1.807) is 0 Å². The van der Waals surface area contributed by atoms with E-state index in [-0.39, 0.29) is 17.0 Å². The predicted octanol–water partition coefficient (Wildman–Crippen LogP) is 3.32. The Bertz CT molecular complexity index is 452. The zero-order valence-electron chi connectivity index (χ0n) is 9.56. The molecule has 0 bridgehead atoms. The molecule has 0 aliphatic heterocycles. The van der Waals surface area contributed by atoms with Crippen LogP contribution in [0.3, 0.4) is 0 Å². The van der Waals surface area contributed by atoms with Crippen LogP contribution in [0.15, 0.2) is 12.1 Å². The van der Waals surface area contributed by atoms with Crippen molar-refractivity contribution in [3.63, 3.8) is 0 Å². The van der Waals surface area contributed by atoms with E-state index >= 15 is 0 Å². The van der Waals surface area contributed by atoms with Crippen molar-refractivity contribution in [3.05, 3.63) is 29.3 Å². The molecule has 8 heteroatoms. The first-order chi connectivity index (χ1) is 8.70. The molecule has 0 aliphatic rings. The number of nitrogens with two attached hydrogens (primary N) is 1. The molecule has 0 unspecified atom stereocenters. The fraction of sp³-hybridized carbons (Fsp3) is 0.364. The van der Waals surface area contributed by atoms with Gasteiger partial charge in [-0.15, -0.1) is 0 Å². The summed E-state index contributed by atoms with van der Waals surface area (Å²) >= 11 is 4.55. The largest absolute Gasteiger partial charge is 0.488 e. The van der Waals surface area contributed by atoms with Gasteiger partial charge in [-0.2, -0.15) is 13.2 Å². The molecule has 0 spiro atoms. The van der Waals surface area contributed by atoms with Crippen molar-refractivity contribution in [1.29, 1.82) is 0 Å². The van der Waals surface area contributed by atoms with E-state index in [4.69, 9.17) is 5.73 Å². The van der Waals surface area contributed by atoms with Crippen LogP contribution in [0, 0.1) is 11.6 Å². The second-order valence-corrected chi connectivity index (χ2v) is 4.14. The minimum atomic E-state index is -4.32. The van der Waals surface area contributed by atoms with E-state index in [2.05, 4.69) is 17.0 Å². The van der Waals surface area contributed by atoms with E-state index in [0.717, 1.165) is 12.1 Å². The van der Waals surface area contributed by atoms with Crippen LogP contribution in [0.25, 0.3) is 0 Å². The van der Waals surface area contributed by atoms with E-state index in [0.29, 0.717) is 0 Å². The van der Waals surface area contributed by atoms with Crippen molar-refractivity contribution in [2.24, 2.45) is 5.73 Å². The van der Waals surface area contributed by atoms with Gasteiger partial charge < -0.3 is 10.5 Å². The van der Waals surface area contributed by atoms with Crippen molar-refractivity contribution in [1.82, 2.24) is 0 Å². The lowest BCUT2D eigenvalue weighted by Crippen LogP contribution is -2.12. The SMILES string of the molecule is NC(=S)c1cc(F)c(OCCCC(F)(F)F)c(F)c1. The summed E-state index contributed by atoms with van der Waals surface area (Å²) in [5.41, 5.74) is 5.18. The lowest BCUT2D eigenvalue weighted by molar-refractivity contribution is -0.136. The molecule has 0 aromatic heterocycles. The third kappa shape index (κ3) is 4.98. The minimum absolute atomic E-state index is 0.0207. The monoisotopic (exact) mass is 299 g/mol. The zero-order valence-corrected chi connectivity index (χ0v) is 10.4. The molecule has 0 radical (unpaired) electrons. The van der Waals surface area contributed by atoms with Gasteiger partial charge in [-0.3, -0.25) is 0 Å². The number of ether oxygens (including phenoxy) is 1. The van der Waals surface area contributed by atoms with Gasteiger partial charge in [0, 0.05) is 12.0 Å². The van der Waals surface area contributed by atoms with Crippen LogP contribution in [-0.2, 0) is 0 Å². The maximum atomic E-state index is 13.4. The number of rotatable bonds is 5. The molecule has 2 N–H and O–H groups in total. The van der Waals surface area contributed by atoms with E-state index in [1.165, 1.54) is 0 Å². The van der Waals surface area contributed by atoms with E-state index < -0.39 is 36.6 Å². The average molecular weight is 299 g/mol. The summed E-state index contributed by atoms with van der Waals surface area (Å²) in [6, 6.07) is 1.73. The van der Waals surface area contributed by atoms with Crippen molar-refractivity contribution in [3.8, 4) is 5.75 Å². The molecule has 2 nitrogen and oxygen atoms in total. The van der Waals surface area contributed by atoms with E-state index in [9.17, 15) is 22.0 Å². The highest BCUT2D eigenvalue weighted by atomic mass is 32.1. The Balaban J connectivity index is 2.67. The molecular weight excluding hydrogens is 289 g/mol. The van der Waals surface area contributed by atoms with Gasteiger partial charge in [-0.05, 0) is 18.6 Å². The summed E-state index contributed by atoms with van der Waals surface area (Å²) < 4.78 is 67.1. The van der Waals surface area contributed by atoms with Crippen LogP contribution < -0.4 is 10.5 Å². The highest BCUT2D eigenvalue weighted by Gasteiger charge is 2.26. The van der Waals surface area contributed by atoms with Gasteiger partial charge in [-0.1, -0.05) is 12.2 Å². The maximum absolute atomic E-state index is 13.4. The normalized spacial score (nSPS) is 11.4. The average Bonchev–Trinajstić information content (AvgIpc) is 2.25. The van der Waals surface area contributed by atoms with Crippen LogP contribution in [0.2, 0.25) is 0 Å². The van der Waals surface area contributed by atoms with Crippen LogP contribution in [0.5, 0.6) is 5.75 Å². The number of alkyl halides is 3. The Morgan fingerprint density at radius 3 is 2.16 bits per heavy atom. The van der Waals surface area contributed by atoms with E-state index in [1.807, 2.05) is 0 Å². The molecule has 1 rings (SSSR count). The summed E-state index contributed by atoms with van der Waals surface area (Å²) in [5.74, 6) is -2.85. The summed E-state index contributed by atoms with van der Waals surface area (Å²) in [4.78, 5) is -0.193. The molecule has 0 atom stereocenters. The van der Waals surface area contributed by atoms with Gasteiger partial charge in [0.2, 0.25) is 0 Å². The van der Waals surface area contributed by atoms with Crippen molar-refractivity contribution < 1.29 is 26.7 Å². The summed E-state index contributed by atoms with van der Waals surface area (Å²) in [6.45, 7) is -0.445. The highest BCUT2D eigenvalue weighted by Crippen LogP contribution is 2.25. The smallest absolute Gasteiger partial charge is 0.389 e. The summed E-state index contributed by atoms with van der Waals surface area (Å²) in [5, 5.41) is 0. The molecular formula is C11H10F5NOS. The number of halogens is 5. The Morgan fingerprint density at radius 1 is 1.21 bits per heavy atom. The minimum Gasteiger partial charge on any atom is -0.488 e. The van der Waals surface area contributed by atoms with Crippen LogP contribution in [0.1, 0.15) is 18.4 Å². The fourth-order valence-electron chi connectivity index (χ4n) is 1.29. The molecule has 0 saturated carbocycles. The summed E-state index contributed by atoms with van der Waals surface area (Å²) in [7, 11) is 0. The first-order valence-electron chi connectivity index (χ1n) is 5.19. The molecule has 0 aliphatic carbocycles. The number of thiocarbonyl (C=S) groups is 1. The number of hydrogen-bond donors (Lipinski definition) is 1. The van der Waals surface area contributed by atoms with Crippen LogP contribution >= 0.6 is 12.2 Å². The van der Waals surface area contributed by atoms with Gasteiger partial charge in [-0.25, -0.2) is 8.78 Å². The molecule has 0 heterocycles. The molecule has 19 heavy (non-hydrogen) atoms. The lowest BCUT2D eigenvalue weighted by atomic mass is 10.2. The molecule has 0 saturated heterocycles. The predicted molar refractivity (Wildman–Crippen MR) is 63.0 cm³/mol. The molecule has 0 amide bonds. The summed E-state index contributed by atoms with van der Waals surface area (Å²) in [6.07, 6.45) is -5.79. The topological polar surface area (TPSA) is 35.2 Å². The number of hydrogen-bond acceptors (Lipinski definition) is 2. The Labute approximate surface area is 111 Å². The second-order valence-electron chi connectivity index (χ2n) is 3.70. The first kappa shape index (κ1) is 15.6. The van der Waals surface area contributed by atoms with Crippen molar-refractivity contribution in [2.75, 3.05) is 6.61 Å². The van der Waals surface area contributed by atoms with Gasteiger partial charge in [0.15, 0.2) is 17.4 Å². The Hall–Kier alpha value is -1.44. The standard InChI is InChI=1S/C11H10F5NOS/c12-7-4-6(10(17)19)5-8(13)9(7)18-3-1-2-11(14,15)16/h4-5H,1-3H2,(H2,17,19). The van der Waals surface area contributed by atoms with Crippen LogP contribution in [0.4, 0.5) is 22.0 Å². The first-order valence-corrected chi connectivity index (χ1v) is 5.60. The molecule has 106 valence electrons. The Morgan fingerprint density at radius 2 is 1.74 bits per heavy atom. The third-order valence-corrected chi connectivity index (χ3v) is 2.37. The Kier molecular flexibility index (Phi) is 5.04. The van der Waals surface area contributed by atoms with Crippen molar-refractivity contribution >= 4 is 17.2 Å². The highest BCUT2D eigenvalue weighted by molar-refractivity contribution is 7.80. The number of benzene rings is 1. The van der Waals surface area contributed by atoms with Gasteiger partial charge in [0.25, 0.3) is 0 Å². The molecule has 1 aromatic carbocycles. The zero-order chi connectivity index (χ0) is 14.6. The third-order valence-electron chi connectivity index (χ3n) is 2.13. The maximum Gasteiger partial charge on any atom is 0.389 e. The second kappa shape index (κ2) is 6.14. The van der Waals surface area contributed by atoms with Gasteiger partial charge >= 0.3 is 6.18 Å². The lowest BCUT2D eigenvalue weighted by Gasteiger charge is -2.10. The molecule has 1 aromatic rings. The fourth-order valence-corrected chi connectivity index (χ4v) is 1.40. The van der Waals surface area contributed by atoms with Crippen LogP contribution in [-0.4, -0.2) is 17.8 Å².